The lowest BCUT2D eigenvalue weighted by Gasteiger charge is -2.23. The molecule has 0 unspecified atom stereocenters. The van der Waals surface area contributed by atoms with Gasteiger partial charge in [-0.15, -0.1) is 11.6 Å². The summed E-state index contributed by atoms with van der Waals surface area (Å²) in [5, 5.41) is 8.47. The highest BCUT2D eigenvalue weighted by Gasteiger charge is 2.20. The molecule has 0 heterocycles. The largest absolute Gasteiger partial charge is 0.395 e. The zero-order valence-corrected chi connectivity index (χ0v) is 10.7. The number of benzene rings is 1. The van der Waals surface area contributed by atoms with Crippen LogP contribution in [0.5, 0.6) is 0 Å². The molecule has 1 amide bonds. The lowest BCUT2D eigenvalue weighted by Crippen LogP contribution is -2.38. The van der Waals surface area contributed by atoms with E-state index in [2.05, 4.69) is 0 Å². The molecule has 1 aromatic carbocycles. The van der Waals surface area contributed by atoms with Gasteiger partial charge in [0.25, 0.3) is 0 Å². The van der Waals surface area contributed by atoms with Gasteiger partial charge in [0.05, 0.1) is 6.61 Å². The molecule has 17 heavy (non-hydrogen) atoms. The second kappa shape index (κ2) is 7.30. The van der Waals surface area contributed by atoms with Crippen molar-refractivity contribution in [3.8, 4) is 0 Å². The van der Waals surface area contributed by atoms with E-state index in [9.17, 15) is 4.79 Å². The van der Waals surface area contributed by atoms with E-state index in [0.717, 1.165) is 5.56 Å². The standard InChI is InChI=1S/C13H18ClNO2/c1-2-12(14)13(17)15(8-9-16)10-11-6-4-3-5-7-11/h3-7,12,16H,2,8-10H2,1H3/t12-/m1/s1. The van der Waals surface area contributed by atoms with Gasteiger partial charge in [0.1, 0.15) is 5.38 Å². The summed E-state index contributed by atoms with van der Waals surface area (Å²) in [6.07, 6.45) is 0.594. The Morgan fingerprint density at radius 1 is 1.41 bits per heavy atom. The Labute approximate surface area is 107 Å². The molecular formula is C13H18ClNO2. The van der Waals surface area contributed by atoms with Crippen LogP contribution in [0.3, 0.4) is 0 Å². The van der Waals surface area contributed by atoms with Gasteiger partial charge in [-0.3, -0.25) is 4.79 Å². The molecular weight excluding hydrogens is 238 g/mol. The van der Waals surface area contributed by atoms with E-state index < -0.39 is 5.38 Å². The number of hydrogen-bond acceptors (Lipinski definition) is 2. The first-order chi connectivity index (χ1) is 8.19. The molecule has 3 nitrogen and oxygen atoms in total. The van der Waals surface area contributed by atoms with Gasteiger partial charge in [-0.25, -0.2) is 0 Å². The fourth-order valence-electron chi connectivity index (χ4n) is 1.56. The van der Waals surface area contributed by atoms with Crippen molar-refractivity contribution in [1.29, 1.82) is 0 Å². The fraction of sp³-hybridized carbons (Fsp3) is 0.462. The average Bonchev–Trinajstić information content (AvgIpc) is 2.37. The third kappa shape index (κ3) is 4.36. The van der Waals surface area contributed by atoms with E-state index in [1.165, 1.54) is 0 Å². The molecule has 0 aliphatic carbocycles. The molecule has 94 valence electrons. The predicted molar refractivity (Wildman–Crippen MR) is 68.9 cm³/mol. The van der Waals surface area contributed by atoms with E-state index in [0.29, 0.717) is 19.5 Å². The molecule has 1 N–H and O–H groups in total. The van der Waals surface area contributed by atoms with Gasteiger partial charge in [0.2, 0.25) is 5.91 Å². The Bertz CT molecular complexity index is 343. The number of alkyl halides is 1. The van der Waals surface area contributed by atoms with E-state index in [-0.39, 0.29) is 12.5 Å². The van der Waals surface area contributed by atoms with Gasteiger partial charge in [-0.2, -0.15) is 0 Å². The summed E-state index contributed by atoms with van der Waals surface area (Å²) < 4.78 is 0. The highest BCUT2D eigenvalue weighted by Crippen LogP contribution is 2.10. The Balaban J connectivity index is 2.69. The maximum atomic E-state index is 12.0. The lowest BCUT2D eigenvalue weighted by molar-refractivity contribution is -0.132. The van der Waals surface area contributed by atoms with Crippen LogP contribution in [-0.2, 0) is 11.3 Å². The summed E-state index contributed by atoms with van der Waals surface area (Å²) in [4.78, 5) is 13.5. The van der Waals surface area contributed by atoms with E-state index >= 15 is 0 Å². The number of carbonyl (C=O) groups excluding carboxylic acids is 1. The Morgan fingerprint density at radius 2 is 2.06 bits per heavy atom. The minimum atomic E-state index is -0.509. The van der Waals surface area contributed by atoms with Crippen LogP contribution in [0.15, 0.2) is 30.3 Å². The quantitative estimate of drug-likeness (QED) is 0.791. The molecule has 0 radical (unpaired) electrons. The van der Waals surface area contributed by atoms with Crippen LogP contribution in [-0.4, -0.2) is 34.4 Å². The van der Waals surface area contributed by atoms with Crippen LogP contribution in [0, 0.1) is 0 Å². The third-order valence-electron chi connectivity index (χ3n) is 2.52. The molecule has 4 heteroatoms. The van der Waals surface area contributed by atoms with Crippen molar-refractivity contribution in [3.63, 3.8) is 0 Å². The van der Waals surface area contributed by atoms with Crippen LogP contribution in [0.4, 0.5) is 0 Å². The number of aliphatic hydroxyl groups excluding tert-OH is 1. The number of halogens is 1. The predicted octanol–water partition coefficient (Wildman–Crippen LogP) is 2.02. The molecule has 1 rings (SSSR count). The molecule has 0 saturated carbocycles. The monoisotopic (exact) mass is 255 g/mol. The molecule has 1 atom stereocenters. The third-order valence-corrected chi connectivity index (χ3v) is 3.02. The SMILES string of the molecule is CC[C@@H](Cl)C(=O)N(CCO)Cc1ccccc1. The maximum Gasteiger partial charge on any atom is 0.240 e. The number of rotatable bonds is 6. The van der Waals surface area contributed by atoms with Gasteiger partial charge in [0.15, 0.2) is 0 Å². The summed E-state index contributed by atoms with van der Waals surface area (Å²) in [6.45, 7) is 2.63. The van der Waals surface area contributed by atoms with Crippen molar-refractivity contribution < 1.29 is 9.90 Å². The molecule has 0 saturated heterocycles. The molecule has 0 spiro atoms. The molecule has 0 aliphatic heterocycles. The van der Waals surface area contributed by atoms with Crippen LogP contribution in [0.25, 0.3) is 0 Å². The number of hydrogen-bond donors (Lipinski definition) is 1. The smallest absolute Gasteiger partial charge is 0.240 e. The van der Waals surface area contributed by atoms with Crippen molar-refractivity contribution in [2.75, 3.05) is 13.2 Å². The van der Waals surface area contributed by atoms with Crippen LogP contribution < -0.4 is 0 Å². The number of amides is 1. The van der Waals surface area contributed by atoms with Crippen molar-refractivity contribution in [2.24, 2.45) is 0 Å². The van der Waals surface area contributed by atoms with E-state index in [1.54, 1.807) is 4.90 Å². The van der Waals surface area contributed by atoms with E-state index in [4.69, 9.17) is 16.7 Å². The highest BCUT2D eigenvalue weighted by molar-refractivity contribution is 6.30. The molecule has 0 bridgehead atoms. The summed E-state index contributed by atoms with van der Waals surface area (Å²) in [7, 11) is 0. The van der Waals surface area contributed by atoms with Crippen LogP contribution in [0.2, 0.25) is 0 Å². The van der Waals surface area contributed by atoms with Crippen molar-refractivity contribution >= 4 is 17.5 Å². The van der Waals surface area contributed by atoms with Crippen molar-refractivity contribution in [3.05, 3.63) is 35.9 Å². The van der Waals surface area contributed by atoms with Gasteiger partial charge >= 0.3 is 0 Å². The topological polar surface area (TPSA) is 40.5 Å². The Hall–Kier alpha value is -1.06. The normalized spacial score (nSPS) is 12.2. The first-order valence-electron chi connectivity index (χ1n) is 5.76. The molecule has 0 aliphatic rings. The minimum absolute atomic E-state index is 0.0497. The summed E-state index contributed by atoms with van der Waals surface area (Å²) in [5.74, 6) is -0.118. The zero-order valence-electron chi connectivity index (χ0n) is 9.97. The first kappa shape index (κ1) is 14.0. The number of aliphatic hydroxyl groups is 1. The second-order valence-corrected chi connectivity index (χ2v) is 4.37. The minimum Gasteiger partial charge on any atom is -0.395 e. The Morgan fingerprint density at radius 3 is 2.59 bits per heavy atom. The fourth-order valence-corrected chi connectivity index (χ4v) is 1.70. The highest BCUT2D eigenvalue weighted by atomic mass is 35.5. The van der Waals surface area contributed by atoms with Gasteiger partial charge in [0, 0.05) is 13.1 Å². The molecule has 0 fully saturated rings. The Kier molecular flexibility index (Phi) is 6.01. The zero-order chi connectivity index (χ0) is 12.7. The van der Waals surface area contributed by atoms with E-state index in [1.807, 2.05) is 37.3 Å². The van der Waals surface area contributed by atoms with Crippen LogP contribution >= 0.6 is 11.6 Å². The average molecular weight is 256 g/mol. The van der Waals surface area contributed by atoms with Crippen molar-refractivity contribution in [1.82, 2.24) is 4.90 Å². The van der Waals surface area contributed by atoms with Gasteiger partial charge in [-0.1, -0.05) is 37.3 Å². The molecule has 0 aromatic heterocycles. The summed E-state index contributed by atoms with van der Waals surface area (Å²) in [5.41, 5.74) is 1.04. The second-order valence-electron chi connectivity index (χ2n) is 3.84. The first-order valence-corrected chi connectivity index (χ1v) is 6.20. The molecule has 1 aromatic rings. The lowest BCUT2D eigenvalue weighted by atomic mass is 10.2. The van der Waals surface area contributed by atoms with Crippen molar-refractivity contribution in [2.45, 2.75) is 25.3 Å². The maximum absolute atomic E-state index is 12.0. The number of carbonyl (C=O) groups is 1. The number of nitrogens with zero attached hydrogens (tertiary/aromatic N) is 1. The van der Waals surface area contributed by atoms with Gasteiger partial charge < -0.3 is 10.0 Å². The van der Waals surface area contributed by atoms with Crippen LogP contribution in [0.1, 0.15) is 18.9 Å². The summed E-state index contributed by atoms with van der Waals surface area (Å²) in [6, 6.07) is 9.68. The van der Waals surface area contributed by atoms with Gasteiger partial charge in [-0.05, 0) is 12.0 Å². The summed E-state index contributed by atoms with van der Waals surface area (Å²) >= 11 is 5.94.